The molecule has 2 saturated heterocycles. The summed E-state index contributed by atoms with van der Waals surface area (Å²) in [7, 11) is 4.77. The van der Waals surface area contributed by atoms with E-state index in [4.69, 9.17) is 52.1 Å². The largest absolute Gasteiger partial charge is 0.495 e. The van der Waals surface area contributed by atoms with Gasteiger partial charge in [0.1, 0.15) is 23.1 Å². The second-order valence-corrected chi connectivity index (χ2v) is 11.6. The van der Waals surface area contributed by atoms with Crippen LogP contribution in [-0.4, -0.2) is 80.0 Å². The van der Waals surface area contributed by atoms with Crippen LogP contribution in [0.1, 0.15) is 26.2 Å². The van der Waals surface area contributed by atoms with E-state index in [1.54, 1.807) is 19.4 Å². The highest BCUT2D eigenvalue weighted by atomic mass is 35.5. The lowest BCUT2D eigenvalue weighted by Gasteiger charge is -2.32. The van der Waals surface area contributed by atoms with Crippen molar-refractivity contribution in [1.82, 2.24) is 15.0 Å². The van der Waals surface area contributed by atoms with Crippen LogP contribution in [0, 0.1) is 5.92 Å². The quantitative estimate of drug-likeness (QED) is 0.290. The topological polar surface area (TPSA) is 108 Å². The molecule has 0 aliphatic carbocycles. The molecule has 1 aromatic carbocycles. The van der Waals surface area contributed by atoms with Gasteiger partial charge in [0.2, 0.25) is 0 Å². The lowest BCUT2D eigenvalue weighted by Crippen LogP contribution is -2.39. The molecular formula is C30H35Cl2N5O5. The Hall–Kier alpha value is -3.18. The Morgan fingerprint density at radius 2 is 1.95 bits per heavy atom. The van der Waals surface area contributed by atoms with E-state index < -0.39 is 0 Å². The lowest BCUT2D eigenvalue weighted by atomic mass is 9.89. The number of nitrogens with one attached hydrogen (secondary N) is 1. The fourth-order valence-electron chi connectivity index (χ4n) is 5.53. The molecule has 224 valence electrons. The molecule has 5 rings (SSSR count). The molecule has 2 aliphatic rings. The molecule has 0 radical (unpaired) electrons. The van der Waals surface area contributed by atoms with E-state index in [-0.39, 0.29) is 33.4 Å². The summed E-state index contributed by atoms with van der Waals surface area (Å²) < 4.78 is 22.5. The molecule has 0 spiro atoms. The van der Waals surface area contributed by atoms with Gasteiger partial charge >= 0.3 is 0 Å². The Kier molecular flexibility index (Phi) is 9.08. The number of anilines is 2. The Labute approximate surface area is 255 Å². The maximum absolute atomic E-state index is 12.1. The standard InChI is InChI=1S/C30H35Cl2N5O5/c1-6-18(38)11-17-7-10-42-15-21(17)34-24-12-19-20(14-33-24)35-28(36-29(19)37-9-8-30(2,16-37)41-5)25-26(31)22(39-3)13-23(40-4)27(25)32/h6,12-14,17,21H,1,7-11,15-16H2,2-5H3,(H,33,34)/t17-,21-,30?/m1/s1. The third-order valence-corrected chi connectivity index (χ3v) is 8.86. The van der Waals surface area contributed by atoms with Crippen LogP contribution in [0.25, 0.3) is 22.3 Å². The third kappa shape index (κ3) is 5.99. The normalized spacial score (nSPS) is 22.3. The number of methoxy groups -OCH3 is 3. The van der Waals surface area contributed by atoms with Gasteiger partial charge < -0.3 is 29.2 Å². The molecule has 1 unspecified atom stereocenters. The predicted octanol–water partition coefficient (Wildman–Crippen LogP) is 5.59. The highest BCUT2D eigenvalue weighted by Crippen LogP contribution is 2.46. The van der Waals surface area contributed by atoms with Crippen molar-refractivity contribution in [3.8, 4) is 22.9 Å². The van der Waals surface area contributed by atoms with Gasteiger partial charge in [-0.1, -0.05) is 29.8 Å². The van der Waals surface area contributed by atoms with E-state index in [0.29, 0.717) is 66.2 Å². The fourth-order valence-corrected chi connectivity index (χ4v) is 6.20. The molecule has 0 amide bonds. The number of hydrogen-bond acceptors (Lipinski definition) is 10. The number of hydrogen-bond donors (Lipinski definition) is 1. The van der Waals surface area contributed by atoms with E-state index in [9.17, 15) is 4.79 Å². The summed E-state index contributed by atoms with van der Waals surface area (Å²) in [5.41, 5.74) is 0.686. The van der Waals surface area contributed by atoms with E-state index in [1.807, 2.05) is 6.07 Å². The van der Waals surface area contributed by atoms with E-state index in [0.717, 1.165) is 24.8 Å². The van der Waals surface area contributed by atoms with Crippen LogP contribution >= 0.6 is 23.2 Å². The molecule has 3 atom stereocenters. The van der Waals surface area contributed by atoms with Crippen molar-refractivity contribution in [1.29, 1.82) is 0 Å². The number of halogens is 2. The summed E-state index contributed by atoms with van der Waals surface area (Å²) in [5, 5.41) is 4.85. The number of fused-ring (bicyclic) bond motifs is 1. The smallest absolute Gasteiger partial charge is 0.165 e. The average Bonchev–Trinajstić information content (AvgIpc) is 3.40. The molecule has 12 heteroatoms. The Morgan fingerprint density at radius 1 is 1.21 bits per heavy atom. The lowest BCUT2D eigenvalue weighted by molar-refractivity contribution is -0.116. The van der Waals surface area contributed by atoms with Gasteiger partial charge in [0.05, 0.1) is 59.8 Å². The van der Waals surface area contributed by atoms with Gasteiger partial charge in [-0.3, -0.25) is 4.79 Å². The zero-order chi connectivity index (χ0) is 30.0. The van der Waals surface area contributed by atoms with Crippen LogP contribution in [0.4, 0.5) is 11.6 Å². The number of nitrogens with zero attached hydrogens (tertiary/aromatic N) is 4. The van der Waals surface area contributed by atoms with Crippen LogP contribution in [0.2, 0.25) is 10.0 Å². The summed E-state index contributed by atoms with van der Waals surface area (Å²) in [6, 6.07) is 3.49. The molecule has 42 heavy (non-hydrogen) atoms. The first-order valence-corrected chi connectivity index (χ1v) is 14.5. The fraction of sp³-hybridized carbons (Fsp3) is 0.467. The van der Waals surface area contributed by atoms with Gasteiger partial charge in [0, 0.05) is 44.7 Å². The number of aromatic nitrogens is 3. The van der Waals surface area contributed by atoms with Crippen LogP contribution in [0.15, 0.2) is 31.0 Å². The Morgan fingerprint density at radius 3 is 2.60 bits per heavy atom. The van der Waals surface area contributed by atoms with E-state index in [2.05, 4.69) is 28.7 Å². The minimum atomic E-state index is -0.329. The maximum atomic E-state index is 12.1. The summed E-state index contributed by atoms with van der Waals surface area (Å²) in [5.74, 6) is 2.57. The SMILES string of the molecule is C=CC(=O)C[C@H]1CCOC[C@H]1Nc1cc2c(N3CCC(C)(OC)C3)nc(-c3c(Cl)c(OC)cc(OC)c3Cl)nc2cn1. The van der Waals surface area contributed by atoms with Crippen LogP contribution in [-0.2, 0) is 14.3 Å². The molecule has 4 heterocycles. The first-order valence-electron chi connectivity index (χ1n) is 13.8. The molecule has 2 aromatic heterocycles. The first-order chi connectivity index (χ1) is 20.2. The van der Waals surface area contributed by atoms with Crippen molar-refractivity contribution in [2.45, 2.75) is 37.8 Å². The molecule has 2 fully saturated rings. The Bertz CT molecular complexity index is 1480. The molecule has 10 nitrogen and oxygen atoms in total. The number of rotatable bonds is 10. The second kappa shape index (κ2) is 12.6. The van der Waals surface area contributed by atoms with Gasteiger partial charge in [0.15, 0.2) is 11.6 Å². The Balaban J connectivity index is 1.61. The van der Waals surface area contributed by atoms with Crippen molar-refractivity contribution < 1.29 is 23.7 Å². The summed E-state index contributed by atoms with van der Waals surface area (Å²) in [6.07, 6.45) is 5.09. The van der Waals surface area contributed by atoms with Crippen molar-refractivity contribution in [2.75, 3.05) is 57.8 Å². The highest BCUT2D eigenvalue weighted by Gasteiger charge is 2.36. The average molecular weight is 617 g/mol. The van der Waals surface area contributed by atoms with Crippen molar-refractivity contribution in [3.63, 3.8) is 0 Å². The van der Waals surface area contributed by atoms with Crippen molar-refractivity contribution in [3.05, 3.63) is 41.0 Å². The number of allylic oxidation sites excluding steroid dienone is 1. The summed E-state index contributed by atoms with van der Waals surface area (Å²) >= 11 is 13.5. The van der Waals surface area contributed by atoms with Gasteiger partial charge in [-0.2, -0.15) is 0 Å². The monoisotopic (exact) mass is 615 g/mol. The molecule has 3 aromatic rings. The summed E-state index contributed by atoms with van der Waals surface area (Å²) in [6.45, 7) is 8.16. The number of carbonyl (C=O) groups excluding carboxylic acids is 1. The molecule has 1 N–H and O–H groups in total. The van der Waals surface area contributed by atoms with E-state index in [1.165, 1.54) is 20.3 Å². The number of pyridine rings is 1. The van der Waals surface area contributed by atoms with Gasteiger partial charge in [-0.05, 0) is 37.8 Å². The zero-order valence-electron chi connectivity index (χ0n) is 24.2. The third-order valence-electron chi connectivity index (χ3n) is 8.11. The first kappa shape index (κ1) is 30.3. The van der Waals surface area contributed by atoms with Crippen LogP contribution < -0.4 is 19.7 Å². The minimum Gasteiger partial charge on any atom is -0.495 e. The molecule has 0 bridgehead atoms. The second-order valence-electron chi connectivity index (χ2n) is 10.8. The summed E-state index contributed by atoms with van der Waals surface area (Å²) in [4.78, 5) is 28.8. The van der Waals surface area contributed by atoms with Crippen molar-refractivity contribution in [2.24, 2.45) is 5.92 Å². The van der Waals surface area contributed by atoms with Crippen LogP contribution in [0.3, 0.4) is 0 Å². The van der Waals surface area contributed by atoms with Gasteiger partial charge in [-0.25, -0.2) is 15.0 Å². The molecule has 2 aliphatic heterocycles. The van der Waals surface area contributed by atoms with E-state index >= 15 is 0 Å². The maximum Gasteiger partial charge on any atom is 0.165 e. The zero-order valence-corrected chi connectivity index (χ0v) is 25.7. The van der Waals surface area contributed by atoms with Crippen molar-refractivity contribution >= 4 is 51.5 Å². The molecular weight excluding hydrogens is 581 g/mol. The number of ether oxygens (including phenoxy) is 4. The number of benzene rings is 1. The highest BCUT2D eigenvalue weighted by molar-refractivity contribution is 6.41. The number of ketones is 1. The molecule has 0 saturated carbocycles. The minimum absolute atomic E-state index is 0.0186. The van der Waals surface area contributed by atoms with Crippen LogP contribution in [0.5, 0.6) is 11.5 Å². The predicted molar refractivity (Wildman–Crippen MR) is 164 cm³/mol. The van der Waals surface area contributed by atoms with Gasteiger partial charge in [-0.15, -0.1) is 0 Å². The number of carbonyl (C=O) groups is 1. The van der Waals surface area contributed by atoms with Gasteiger partial charge in [0.25, 0.3) is 0 Å².